The molecule has 1 unspecified atom stereocenters. The molecule has 0 aliphatic carbocycles. The van der Waals surface area contributed by atoms with Gasteiger partial charge in [-0.1, -0.05) is 41.7 Å². The second-order valence-corrected chi connectivity index (χ2v) is 7.77. The maximum atomic E-state index is 12.0. The van der Waals surface area contributed by atoms with Crippen LogP contribution in [0.15, 0.2) is 30.3 Å². The van der Waals surface area contributed by atoms with E-state index in [2.05, 4.69) is 10.2 Å². The van der Waals surface area contributed by atoms with E-state index in [1.54, 1.807) is 0 Å². The van der Waals surface area contributed by atoms with Crippen LogP contribution in [0.1, 0.15) is 6.42 Å². The molecule has 1 aliphatic rings. The summed E-state index contributed by atoms with van der Waals surface area (Å²) in [5.74, 6) is -0.643. The standard InChI is InChI=1S/C13H14N4O3S2/c14-22(19,20)8-9-6-11(18)17(7-9)13-16-15-12(21-13)10-4-2-1-3-5-10/h1-5,9H,6-8H2,(H2,14,19,20). The number of hydrogen-bond acceptors (Lipinski definition) is 6. The molecule has 2 N–H and O–H groups in total. The summed E-state index contributed by atoms with van der Waals surface area (Å²) in [6.07, 6.45) is 0.163. The number of primary sulfonamides is 1. The van der Waals surface area contributed by atoms with Gasteiger partial charge < -0.3 is 0 Å². The van der Waals surface area contributed by atoms with Gasteiger partial charge in [0.1, 0.15) is 5.01 Å². The lowest BCUT2D eigenvalue weighted by molar-refractivity contribution is -0.117. The molecule has 2 aromatic rings. The van der Waals surface area contributed by atoms with Gasteiger partial charge in [0, 0.05) is 24.4 Å². The molecule has 1 aromatic heterocycles. The zero-order valence-corrected chi connectivity index (χ0v) is 13.2. The van der Waals surface area contributed by atoms with Crippen LogP contribution < -0.4 is 10.0 Å². The fourth-order valence-electron chi connectivity index (χ4n) is 2.43. The molecule has 1 fully saturated rings. The van der Waals surface area contributed by atoms with Crippen molar-refractivity contribution in [2.45, 2.75) is 6.42 Å². The molecule has 1 aliphatic heterocycles. The molecule has 1 atom stereocenters. The van der Waals surface area contributed by atoms with Gasteiger partial charge in [-0.25, -0.2) is 13.6 Å². The number of benzene rings is 1. The number of hydrogen-bond donors (Lipinski definition) is 1. The highest BCUT2D eigenvalue weighted by Crippen LogP contribution is 2.32. The third-order valence-corrected chi connectivity index (χ3v) is 5.27. The van der Waals surface area contributed by atoms with Gasteiger partial charge in [0.25, 0.3) is 0 Å². The SMILES string of the molecule is NS(=O)(=O)CC1CC(=O)N(c2nnc(-c3ccccc3)s2)C1. The molecule has 0 saturated carbocycles. The van der Waals surface area contributed by atoms with Crippen molar-refractivity contribution in [3.05, 3.63) is 30.3 Å². The van der Waals surface area contributed by atoms with Crippen LogP contribution in [0.3, 0.4) is 0 Å². The Morgan fingerprint density at radius 2 is 2.00 bits per heavy atom. The van der Waals surface area contributed by atoms with Crippen LogP contribution in [-0.2, 0) is 14.8 Å². The number of carbonyl (C=O) groups is 1. The van der Waals surface area contributed by atoms with Crippen molar-refractivity contribution in [3.8, 4) is 10.6 Å². The fourth-order valence-corrected chi connectivity index (χ4v) is 4.19. The maximum Gasteiger partial charge on any atom is 0.229 e. The molecular weight excluding hydrogens is 324 g/mol. The second kappa shape index (κ2) is 5.75. The Hall–Kier alpha value is -1.84. The van der Waals surface area contributed by atoms with E-state index in [1.165, 1.54) is 16.2 Å². The fraction of sp³-hybridized carbons (Fsp3) is 0.308. The van der Waals surface area contributed by atoms with Gasteiger partial charge >= 0.3 is 0 Å². The van der Waals surface area contributed by atoms with Crippen molar-refractivity contribution in [2.75, 3.05) is 17.2 Å². The molecule has 1 aromatic carbocycles. The minimum Gasteiger partial charge on any atom is -0.286 e. The van der Waals surface area contributed by atoms with Crippen LogP contribution >= 0.6 is 11.3 Å². The van der Waals surface area contributed by atoms with Crippen molar-refractivity contribution in [2.24, 2.45) is 11.1 Å². The van der Waals surface area contributed by atoms with Gasteiger partial charge in [0.15, 0.2) is 0 Å². The molecule has 1 amide bonds. The highest BCUT2D eigenvalue weighted by Gasteiger charge is 2.34. The summed E-state index contributed by atoms with van der Waals surface area (Å²) >= 11 is 1.31. The molecule has 9 heteroatoms. The lowest BCUT2D eigenvalue weighted by Crippen LogP contribution is -2.27. The number of aromatic nitrogens is 2. The van der Waals surface area contributed by atoms with E-state index in [0.717, 1.165) is 10.6 Å². The quantitative estimate of drug-likeness (QED) is 0.889. The van der Waals surface area contributed by atoms with Gasteiger partial charge in [0.05, 0.1) is 5.75 Å². The van der Waals surface area contributed by atoms with E-state index in [1.807, 2.05) is 30.3 Å². The minimum atomic E-state index is -3.59. The van der Waals surface area contributed by atoms with E-state index in [4.69, 9.17) is 5.14 Å². The Kier molecular flexibility index (Phi) is 3.94. The smallest absolute Gasteiger partial charge is 0.229 e. The average molecular weight is 338 g/mol. The average Bonchev–Trinajstić information content (AvgIpc) is 3.05. The van der Waals surface area contributed by atoms with Crippen LogP contribution in [-0.4, -0.2) is 36.8 Å². The van der Waals surface area contributed by atoms with E-state index < -0.39 is 10.0 Å². The topological polar surface area (TPSA) is 106 Å². The van der Waals surface area contributed by atoms with Crippen molar-refractivity contribution < 1.29 is 13.2 Å². The lowest BCUT2D eigenvalue weighted by Gasteiger charge is -2.11. The largest absolute Gasteiger partial charge is 0.286 e. The highest BCUT2D eigenvalue weighted by molar-refractivity contribution is 7.89. The Morgan fingerprint density at radius 3 is 2.68 bits per heavy atom. The summed E-state index contributed by atoms with van der Waals surface area (Å²) in [5, 5.41) is 14.4. The summed E-state index contributed by atoms with van der Waals surface area (Å²) in [6, 6.07) is 9.55. The van der Waals surface area contributed by atoms with Gasteiger partial charge in [-0.2, -0.15) is 0 Å². The van der Waals surface area contributed by atoms with Crippen LogP contribution in [0.5, 0.6) is 0 Å². The first-order valence-corrected chi connectivity index (χ1v) is 9.15. The molecule has 0 radical (unpaired) electrons. The van der Waals surface area contributed by atoms with Crippen molar-refractivity contribution in [1.82, 2.24) is 10.2 Å². The van der Waals surface area contributed by atoms with Crippen molar-refractivity contribution in [1.29, 1.82) is 0 Å². The molecule has 2 heterocycles. The van der Waals surface area contributed by atoms with Crippen LogP contribution in [0.25, 0.3) is 10.6 Å². The number of rotatable bonds is 4. The number of nitrogens with two attached hydrogens (primary N) is 1. The summed E-state index contributed by atoms with van der Waals surface area (Å²) in [6.45, 7) is 0.304. The van der Waals surface area contributed by atoms with Crippen molar-refractivity contribution >= 4 is 32.4 Å². The first-order chi connectivity index (χ1) is 10.4. The Labute approximate surface area is 131 Å². The monoisotopic (exact) mass is 338 g/mol. The Morgan fingerprint density at radius 1 is 1.27 bits per heavy atom. The number of nitrogens with zero attached hydrogens (tertiary/aromatic N) is 3. The first-order valence-electron chi connectivity index (χ1n) is 6.62. The molecular formula is C13H14N4O3S2. The molecule has 1 saturated heterocycles. The lowest BCUT2D eigenvalue weighted by atomic mass is 10.1. The highest BCUT2D eigenvalue weighted by atomic mass is 32.2. The summed E-state index contributed by atoms with van der Waals surface area (Å²) < 4.78 is 22.3. The van der Waals surface area contributed by atoms with E-state index in [9.17, 15) is 13.2 Å². The van der Waals surface area contributed by atoms with Gasteiger partial charge in [-0.3, -0.25) is 9.69 Å². The molecule has 0 spiro atoms. The predicted molar refractivity (Wildman–Crippen MR) is 83.8 cm³/mol. The normalized spacial score (nSPS) is 18.9. The Balaban J connectivity index is 1.78. The van der Waals surface area contributed by atoms with Crippen LogP contribution in [0.4, 0.5) is 5.13 Å². The molecule has 3 rings (SSSR count). The summed E-state index contributed by atoms with van der Waals surface area (Å²) in [4.78, 5) is 13.5. The second-order valence-electron chi connectivity index (χ2n) is 5.16. The van der Waals surface area contributed by atoms with Crippen LogP contribution in [0, 0.1) is 5.92 Å². The van der Waals surface area contributed by atoms with Gasteiger partial charge in [-0.15, -0.1) is 10.2 Å². The molecule has 116 valence electrons. The minimum absolute atomic E-state index is 0.149. The zero-order chi connectivity index (χ0) is 15.7. The van der Waals surface area contributed by atoms with Crippen molar-refractivity contribution in [3.63, 3.8) is 0 Å². The zero-order valence-electron chi connectivity index (χ0n) is 11.5. The van der Waals surface area contributed by atoms with Gasteiger partial charge in [0.2, 0.25) is 21.1 Å². The Bertz CT molecular complexity index is 789. The van der Waals surface area contributed by atoms with E-state index in [-0.39, 0.29) is 24.0 Å². The van der Waals surface area contributed by atoms with E-state index in [0.29, 0.717) is 11.7 Å². The molecule has 22 heavy (non-hydrogen) atoms. The van der Waals surface area contributed by atoms with E-state index >= 15 is 0 Å². The third-order valence-electron chi connectivity index (χ3n) is 3.34. The summed E-state index contributed by atoms with van der Waals surface area (Å²) in [5.41, 5.74) is 0.930. The third kappa shape index (κ3) is 3.32. The first kappa shape index (κ1) is 15.1. The number of anilines is 1. The molecule has 0 bridgehead atoms. The number of amides is 1. The maximum absolute atomic E-state index is 12.0. The van der Waals surface area contributed by atoms with Crippen LogP contribution in [0.2, 0.25) is 0 Å². The molecule has 7 nitrogen and oxygen atoms in total. The van der Waals surface area contributed by atoms with Gasteiger partial charge in [-0.05, 0) is 0 Å². The number of carbonyl (C=O) groups excluding carboxylic acids is 1. The predicted octanol–water partition coefficient (Wildman–Crippen LogP) is 0.847. The number of sulfonamides is 1. The summed E-state index contributed by atoms with van der Waals surface area (Å²) in [7, 11) is -3.59.